The second-order valence-electron chi connectivity index (χ2n) is 24.0. The van der Waals surface area contributed by atoms with Crippen LogP contribution in [0, 0.1) is 0 Å². The molecule has 1 aromatic rings. The van der Waals surface area contributed by atoms with Crippen molar-refractivity contribution >= 4 is 41.3 Å². The van der Waals surface area contributed by atoms with Crippen LogP contribution in [0.15, 0.2) is 6.20 Å². The van der Waals surface area contributed by atoms with Gasteiger partial charge >= 0.3 is 11.9 Å². The standard InChI is InChI=1S/C65H121N5O11S/c1-4-7-10-13-16-19-22-25-28-31-34-37-40-43-46-56(71)66-54(65(79)67-55-49-70(69-68-55)59-60(74)62(76)64(78)63(77)61(59)75)52-82-51-53(81-58(73)48-45-42-39-36-33-30-27-24-21-18-15-12-9-6-3)50-80-57(72)47-44-41-38-35-32-29-26-23-20-17-14-11-8-5-2/h49,53-54,59-64,74-78H,4-48,50-52H2,1-3H3,(H,66,71)(H,67,79)/t53-,54-,59-,60+,61+,62+,63-,64-/m1/s1. The summed E-state index contributed by atoms with van der Waals surface area (Å²) in [6.45, 7) is 6.62. The van der Waals surface area contributed by atoms with Crippen LogP contribution < -0.4 is 10.6 Å². The lowest BCUT2D eigenvalue weighted by atomic mass is 9.83. The maximum atomic E-state index is 14.0. The van der Waals surface area contributed by atoms with Crippen LogP contribution in [-0.4, -0.2) is 125 Å². The Morgan fingerprint density at radius 2 is 0.817 bits per heavy atom. The number of amides is 2. The van der Waals surface area contributed by atoms with E-state index in [1.165, 1.54) is 211 Å². The van der Waals surface area contributed by atoms with Crippen LogP contribution >= 0.6 is 11.8 Å². The van der Waals surface area contributed by atoms with Gasteiger partial charge in [-0.05, 0) is 19.3 Å². The number of carbonyl (C=O) groups is 4. The number of anilines is 1. The van der Waals surface area contributed by atoms with Gasteiger partial charge in [-0.15, -0.1) is 5.10 Å². The Labute approximate surface area is 501 Å². The smallest absolute Gasteiger partial charge is 0.306 e. The molecule has 16 nitrogen and oxygen atoms in total. The molecule has 0 spiro atoms. The Balaban J connectivity index is 1.99. The lowest BCUT2D eigenvalue weighted by Gasteiger charge is -2.41. The molecule has 0 radical (unpaired) electrons. The predicted molar refractivity (Wildman–Crippen MR) is 333 cm³/mol. The predicted octanol–water partition coefficient (Wildman–Crippen LogP) is 13.9. The minimum Gasteiger partial charge on any atom is -0.462 e. The molecule has 0 aromatic carbocycles. The largest absolute Gasteiger partial charge is 0.462 e. The van der Waals surface area contributed by atoms with Crippen molar-refractivity contribution in [2.24, 2.45) is 0 Å². The fourth-order valence-electron chi connectivity index (χ4n) is 11.0. The van der Waals surface area contributed by atoms with Crippen molar-refractivity contribution in [3.8, 4) is 0 Å². The van der Waals surface area contributed by atoms with Crippen molar-refractivity contribution in [1.29, 1.82) is 0 Å². The maximum Gasteiger partial charge on any atom is 0.306 e. The molecule has 7 N–H and O–H groups in total. The third-order valence-electron chi connectivity index (χ3n) is 16.4. The van der Waals surface area contributed by atoms with Crippen LogP contribution in [0.25, 0.3) is 0 Å². The molecular weight excluding hydrogens is 1060 g/mol. The number of carbonyl (C=O) groups excluding carboxylic acids is 4. The first kappa shape index (κ1) is 75.3. The number of aliphatic hydroxyl groups excluding tert-OH is 5. The average Bonchev–Trinajstić information content (AvgIpc) is 3.51. The molecule has 2 rings (SSSR count). The number of aromatic nitrogens is 3. The van der Waals surface area contributed by atoms with E-state index in [0.717, 1.165) is 68.9 Å². The first-order valence-electron chi connectivity index (χ1n) is 33.8. The van der Waals surface area contributed by atoms with Gasteiger partial charge in [0.2, 0.25) is 11.8 Å². The highest BCUT2D eigenvalue weighted by atomic mass is 32.2. The van der Waals surface area contributed by atoms with Gasteiger partial charge in [0.15, 0.2) is 5.82 Å². The minimum absolute atomic E-state index is 0.0702. The molecular formula is C65H121N5O11S. The van der Waals surface area contributed by atoms with Gasteiger partial charge < -0.3 is 45.6 Å². The van der Waals surface area contributed by atoms with Crippen molar-refractivity contribution in [2.45, 2.75) is 358 Å². The molecule has 82 heavy (non-hydrogen) atoms. The van der Waals surface area contributed by atoms with Crippen molar-refractivity contribution in [3.05, 3.63) is 6.20 Å². The van der Waals surface area contributed by atoms with Crippen LogP contribution in [-0.2, 0) is 28.7 Å². The number of nitrogens with zero attached hydrogens (tertiary/aromatic N) is 3. The molecule has 1 aromatic heterocycles. The molecule has 0 bridgehead atoms. The number of rotatable bonds is 56. The van der Waals surface area contributed by atoms with Gasteiger partial charge in [0.1, 0.15) is 55.3 Å². The van der Waals surface area contributed by atoms with Gasteiger partial charge in [-0.2, -0.15) is 11.8 Å². The van der Waals surface area contributed by atoms with E-state index >= 15 is 0 Å². The Morgan fingerprint density at radius 3 is 1.21 bits per heavy atom. The zero-order chi connectivity index (χ0) is 59.7. The molecule has 8 atom stereocenters. The Hall–Kier alpha value is -2.83. The van der Waals surface area contributed by atoms with E-state index in [1.807, 2.05) is 0 Å². The van der Waals surface area contributed by atoms with Crippen molar-refractivity contribution < 1.29 is 54.2 Å². The summed E-state index contributed by atoms with van der Waals surface area (Å²) in [4.78, 5) is 53.7. The molecule has 478 valence electrons. The van der Waals surface area contributed by atoms with E-state index in [2.05, 4.69) is 41.7 Å². The topological polar surface area (TPSA) is 243 Å². The minimum atomic E-state index is -1.79. The summed E-state index contributed by atoms with van der Waals surface area (Å²) >= 11 is 1.28. The third-order valence-corrected chi connectivity index (χ3v) is 17.5. The van der Waals surface area contributed by atoms with E-state index in [0.29, 0.717) is 12.8 Å². The molecule has 0 aliphatic heterocycles. The monoisotopic (exact) mass is 1180 g/mol. The quantitative estimate of drug-likeness (QED) is 0.0237. The van der Waals surface area contributed by atoms with Gasteiger partial charge in [0.05, 0.1) is 6.20 Å². The number of ether oxygens (including phenoxy) is 2. The van der Waals surface area contributed by atoms with Gasteiger partial charge in [-0.25, -0.2) is 4.68 Å². The van der Waals surface area contributed by atoms with Crippen LogP contribution in [0.3, 0.4) is 0 Å². The van der Waals surface area contributed by atoms with E-state index in [-0.39, 0.29) is 61.0 Å². The number of nitrogens with one attached hydrogen (secondary N) is 2. The lowest BCUT2D eigenvalue weighted by molar-refractivity contribution is -0.200. The fourth-order valence-corrected chi connectivity index (χ4v) is 12.0. The normalized spacial score (nSPS) is 18.8. The Morgan fingerprint density at radius 1 is 0.476 bits per heavy atom. The molecule has 17 heteroatoms. The summed E-state index contributed by atoms with van der Waals surface area (Å²) in [5.41, 5.74) is 0. The van der Waals surface area contributed by atoms with Crippen LogP contribution in [0.1, 0.15) is 316 Å². The Bertz CT molecular complexity index is 1690. The van der Waals surface area contributed by atoms with Gasteiger partial charge in [0.25, 0.3) is 0 Å². The van der Waals surface area contributed by atoms with E-state index < -0.39 is 54.6 Å². The summed E-state index contributed by atoms with van der Waals surface area (Å²) in [6.07, 6.45) is 42.9. The SMILES string of the molecule is CCCCCCCCCCCCCCCCC(=O)N[C@H](CSC[C@@H](COC(=O)CCCCCCCCCCCCCCCC)OC(=O)CCCCCCCCCCCCCCCC)C(=O)Nc1cn([C@@H]2[C@H](O)[C@H](O)[C@@H](O)[C@H](O)[C@H]2O)nn1. The summed E-state index contributed by atoms with van der Waals surface area (Å²) in [7, 11) is 0. The molecule has 1 aliphatic carbocycles. The molecule has 2 amide bonds. The average molecular weight is 1180 g/mol. The van der Waals surface area contributed by atoms with Crippen molar-refractivity contribution in [3.63, 3.8) is 0 Å². The fraction of sp³-hybridized carbons (Fsp3) is 0.908. The summed E-state index contributed by atoms with van der Waals surface area (Å²) < 4.78 is 12.7. The van der Waals surface area contributed by atoms with Crippen molar-refractivity contribution in [1.82, 2.24) is 20.3 Å². The number of aliphatic hydroxyl groups is 5. The second-order valence-corrected chi connectivity index (χ2v) is 25.1. The van der Waals surface area contributed by atoms with Gasteiger partial charge in [-0.3, -0.25) is 19.2 Å². The first-order valence-corrected chi connectivity index (χ1v) is 34.9. The summed E-state index contributed by atoms with van der Waals surface area (Å²) in [6, 6.07) is -2.47. The number of thioether (sulfide) groups is 1. The molecule has 1 aliphatic rings. The van der Waals surface area contributed by atoms with Crippen LogP contribution in [0.4, 0.5) is 5.82 Å². The van der Waals surface area contributed by atoms with E-state index in [9.17, 15) is 44.7 Å². The summed E-state index contributed by atoms with van der Waals surface area (Å²) in [5.74, 6) is -1.45. The van der Waals surface area contributed by atoms with Crippen molar-refractivity contribution in [2.75, 3.05) is 23.4 Å². The molecule has 0 unspecified atom stereocenters. The highest BCUT2D eigenvalue weighted by Gasteiger charge is 2.49. The number of esters is 2. The highest BCUT2D eigenvalue weighted by Crippen LogP contribution is 2.30. The van der Waals surface area contributed by atoms with Gasteiger partial charge in [0, 0.05) is 30.8 Å². The molecule has 0 saturated heterocycles. The number of hydrogen-bond acceptors (Lipinski definition) is 14. The number of unbranched alkanes of at least 4 members (excludes halogenated alkanes) is 39. The van der Waals surface area contributed by atoms with Gasteiger partial charge in [-0.1, -0.05) is 276 Å². The maximum absolute atomic E-state index is 14.0. The number of hydrogen-bond donors (Lipinski definition) is 7. The lowest BCUT2D eigenvalue weighted by Crippen LogP contribution is -2.61. The zero-order valence-electron chi connectivity index (χ0n) is 52.1. The highest BCUT2D eigenvalue weighted by molar-refractivity contribution is 7.99. The van der Waals surface area contributed by atoms with E-state index in [4.69, 9.17) is 9.47 Å². The van der Waals surface area contributed by atoms with E-state index in [1.54, 1.807) is 0 Å². The molecule has 1 heterocycles. The molecule has 1 fully saturated rings. The van der Waals surface area contributed by atoms with Crippen LogP contribution in [0.2, 0.25) is 0 Å². The second kappa shape index (κ2) is 51.4. The Kier molecular flexibility index (Phi) is 47.2. The summed E-state index contributed by atoms with van der Waals surface area (Å²) in [5, 5.41) is 65.5. The molecule has 1 saturated carbocycles. The zero-order valence-corrected chi connectivity index (χ0v) is 52.9. The van der Waals surface area contributed by atoms with Crippen LogP contribution in [0.5, 0.6) is 0 Å². The third kappa shape index (κ3) is 37.6. The first-order chi connectivity index (χ1) is 39.9.